The van der Waals surface area contributed by atoms with Gasteiger partial charge >= 0.3 is 5.97 Å². The number of carbonyl (C=O) groups is 1. The zero-order valence-electron chi connectivity index (χ0n) is 13.9. The first-order chi connectivity index (χ1) is 11.8. The molecule has 3 rings (SSSR count). The number of thioether (sulfide) groups is 1. The molecule has 2 aromatic rings. The molecule has 0 unspecified atom stereocenters. The number of aromatic nitrogens is 2. The second-order valence-corrected chi connectivity index (χ2v) is 9.21. The van der Waals surface area contributed by atoms with Crippen LogP contribution in [0.25, 0.3) is 11.5 Å². The van der Waals surface area contributed by atoms with Crippen molar-refractivity contribution in [1.82, 2.24) is 10.2 Å². The zero-order valence-corrected chi connectivity index (χ0v) is 15.5. The molecule has 0 saturated carbocycles. The Hall–Kier alpha value is -1.87. The Morgan fingerprint density at radius 1 is 1.28 bits per heavy atom. The van der Waals surface area contributed by atoms with E-state index in [1.807, 2.05) is 26.0 Å². The molecule has 1 aliphatic rings. The normalized spacial score (nSPS) is 19.0. The first-order valence-electron chi connectivity index (χ1n) is 7.75. The third-order valence-corrected chi connectivity index (χ3v) is 6.21. The summed E-state index contributed by atoms with van der Waals surface area (Å²) >= 11 is 1.07. The molecule has 0 spiro atoms. The highest BCUT2D eigenvalue weighted by Crippen LogP contribution is 2.25. The lowest BCUT2D eigenvalue weighted by molar-refractivity contribution is -0.144. The number of hydrogen-bond donors (Lipinski definition) is 0. The van der Waals surface area contributed by atoms with Crippen molar-refractivity contribution >= 4 is 27.6 Å². The van der Waals surface area contributed by atoms with Crippen LogP contribution in [0.15, 0.2) is 27.8 Å². The standard InChI is InChI=1S/C16H18N2O5S2/c1-10-5-11(2)7-12(6-10)15-17-18-16(23-15)24-8-14(19)22-13-3-4-25(20,21)9-13/h5-7,13H,3-4,8-9H2,1-2H3/t13-/m1/s1. The number of ether oxygens (including phenoxy) is 1. The topological polar surface area (TPSA) is 99.4 Å². The van der Waals surface area contributed by atoms with Gasteiger partial charge in [-0.25, -0.2) is 8.42 Å². The number of benzene rings is 1. The van der Waals surface area contributed by atoms with Crippen LogP contribution >= 0.6 is 11.8 Å². The van der Waals surface area contributed by atoms with Gasteiger partial charge in [0.25, 0.3) is 5.22 Å². The Labute approximate surface area is 150 Å². The summed E-state index contributed by atoms with van der Waals surface area (Å²) in [5, 5.41) is 8.19. The molecule has 9 heteroatoms. The predicted molar refractivity (Wildman–Crippen MR) is 93.1 cm³/mol. The molecule has 25 heavy (non-hydrogen) atoms. The van der Waals surface area contributed by atoms with E-state index in [0.717, 1.165) is 28.5 Å². The lowest BCUT2D eigenvalue weighted by atomic mass is 10.1. The van der Waals surface area contributed by atoms with E-state index in [1.165, 1.54) is 0 Å². The molecule has 2 heterocycles. The van der Waals surface area contributed by atoms with E-state index < -0.39 is 21.9 Å². The van der Waals surface area contributed by atoms with Gasteiger partial charge in [0.2, 0.25) is 5.89 Å². The summed E-state index contributed by atoms with van der Waals surface area (Å²) in [6, 6.07) is 5.95. The van der Waals surface area contributed by atoms with Crippen LogP contribution in [0, 0.1) is 13.8 Å². The van der Waals surface area contributed by atoms with Crippen LogP contribution in [0.2, 0.25) is 0 Å². The van der Waals surface area contributed by atoms with Gasteiger partial charge in [0.15, 0.2) is 9.84 Å². The number of esters is 1. The van der Waals surface area contributed by atoms with Gasteiger partial charge in [-0.1, -0.05) is 29.0 Å². The Balaban J connectivity index is 1.56. The average Bonchev–Trinajstić information content (AvgIpc) is 3.11. The molecule has 1 saturated heterocycles. The molecule has 0 amide bonds. The molecule has 134 valence electrons. The highest BCUT2D eigenvalue weighted by atomic mass is 32.2. The maximum absolute atomic E-state index is 11.8. The highest BCUT2D eigenvalue weighted by molar-refractivity contribution is 7.99. The fraction of sp³-hybridized carbons (Fsp3) is 0.438. The Kier molecular flexibility index (Phi) is 5.14. The van der Waals surface area contributed by atoms with Crippen molar-refractivity contribution in [2.75, 3.05) is 17.3 Å². The largest absolute Gasteiger partial charge is 0.461 e. The smallest absolute Gasteiger partial charge is 0.316 e. The maximum atomic E-state index is 11.8. The minimum absolute atomic E-state index is 0.00890. The van der Waals surface area contributed by atoms with Crippen LogP contribution in [0.5, 0.6) is 0 Å². The van der Waals surface area contributed by atoms with Gasteiger partial charge in [0, 0.05) is 5.56 Å². The Bertz CT molecular complexity index is 871. The summed E-state index contributed by atoms with van der Waals surface area (Å²) in [6.45, 7) is 3.98. The van der Waals surface area contributed by atoms with E-state index in [2.05, 4.69) is 16.3 Å². The van der Waals surface area contributed by atoms with E-state index in [-0.39, 0.29) is 22.5 Å². The molecule has 0 N–H and O–H groups in total. The summed E-state index contributed by atoms with van der Waals surface area (Å²) in [4.78, 5) is 11.8. The number of aryl methyl sites for hydroxylation is 2. The molecule has 1 fully saturated rings. The number of carbonyl (C=O) groups excluding carboxylic acids is 1. The summed E-state index contributed by atoms with van der Waals surface area (Å²) < 4.78 is 33.4. The summed E-state index contributed by atoms with van der Waals surface area (Å²) in [5.41, 5.74) is 3.02. The van der Waals surface area contributed by atoms with Gasteiger partial charge in [-0.2, -0.15) is 0 Å². The van der Waals surface area contributed by atoms with E-state index in [0.29, 0.717) is 12.3 Å². The number of nitrogens with zero attached hydrogens (tertiary/aromatic N) is 2. The molecule has 0 aliphatic carbocycles. The Morgan fingerprint density at radius 3 is 2.64 bits per heavy atom. The zero-order chi connectivity index (χ0) is 18.0. The average molecular weight is 382 g/mol. The number of rotatable bonds is 5. The van der Waals surface area contributed by atoms with Crippen molar-refractivity contribution < 1.29 is 22.4 Å². The van der Waals surface area contributed by atoms with E-state index in [9.17, 15) is 13.2 Å². The summed E-state index contributed by atoms with van der Waals surface area (Å²) in [7, 11) is -3.07. The monoisotopic (exact) mass is 382 g/mol. The predicted octanol–water partition coefficient (Wildman–Crippen LogP) is 2.18. The lowest BCUT2D eigenvalue weighted by Crippen LogP contribution is -2.20. The van der Waals surface area contributed by atoms with Gasteiger partial charge in [0.05, 0.1) is 11.5 Å². The van der Waals surface area contributed by atoms with Crippen LogP contribution in [-0.4, -0.2) is 47.9 Å². The van der Waals surface area contributed by atoms with Crippen LogP contribution in [0.4, 0.5) is 0 Å². The quantitative estimate of drug-likeness (QED) is 0.573. The lowest BCUT2D eigenvalue weighted by Gasteiger charge is -2.08. The van der Waals surface area contributed by atoms with Crippen molar-refractivity contribution in [2.45, 2.75) is 31.6 Å². The van der Waals surface area contributed by atoms with Gasteiger partial charge < -0.3 is 9.15 Å². The molecule has 1 aromatic heterocycles. The number of sulfone groups is 1. The van der Waals surface area contributed by atoms with Gasteiger partial charge in [-0.15, -0.1) is 10.2 Å². The Morgan fingerprint density at radius 2 is 2.00 bits per heavy atom. The van der Waals surface area contributed by atoms with Crippen LogP contribution in [0.3, 0.4) is 0 Å². The van der Waals surface area contributed by atoms with Gasteiger partial charge in [-0.05, 0) is 32.4 Å². The first-order valence-corrected chi connectivity index (χ1v) is 10.6. The van der Waals surface area contributed by atoms with Crippen LogP contribution in [-0.2, 0) is 19.4 Å². The van der Waals surface area contributed by atoms with E-state index in [1.54, 1.807) is 0 Å². The summed E-state index contributed by atoms with van der Waals surface area (Å²) in [6.07, 6.45) is -0.192. The van der Waals surface area contributed by atoms with Crippen molar-refractivity contribution in [3.8, 4) is 11.5 Å². The summed E-state index contributed by atoms with van der Waals surface area (Å²) in [5.74, 6) is -0.129. The van der Waals surface area contributed by atoms with Crippen molar-refractivity contribution in [3.05, 3.63) is 29.3 Å². The second-order valence-electron chi connectivity index (χ2n) is 6.05. The molecule has 1 aromatic carbocycles. The third-order valence-electron chi connectivity index (χ3n) is 3.68. The minimum atomic E-state index is -3.07. The van der Waals surface area contributed by atoms with E-state index in [4.69, 9.17) is 9.15 Å². The molecule has 1 aliphatic heterocycles. The van der Waals surface area contributed by atoms with Crippen LogP contribution in [0.1, 0.15) is 17.5 Å². The fourth-order valence-electron chi connectivity index (χ4n) is 2.68. The van der Waals surface area contributed by atoms with Gasteiger partial charge in [-0.3, -0.25) is 4.79 Å². The minimum Gasteiger partial charge on any atom is -0.461 e. The molecule has 7 nitrogen and oxygen atoms in total. The SMILES string of the molecule is Cc1cc(C)cc(-c2nnc(SCC(=O)O[C@@H]3CCS(=O)(=O)C3)o2)c1. The van der Waals surface area contributed by atoms with Crippen molar-refractivity contribution in [3.63, 3.8) is 0 Å². The molecular formula is C16H18N2O5S2. The molecule has 0 radical (unpaired) electrons. The van der Waals surface area contributed by atoms with Crippen LogP contribution < -0.4 is 0 Å². The first kappa shape index (κ1) is 17.9. The maximum Gasteiger partial charge on any atom is 0.316 e. The third kappa shape index (κ3) is 4.82. The highest BCUT2D eigenvalue weighted by Gasteiger charge is 2.30. The van der Waals surface area contributed by atoms with E-state index >= 15 is 0 Å². The molecule has 1 atom stereocenters. The van der Waals surface area contributed by atoms with Crippen molar-refractivity contribution in [2.24, 2.45) is 0 Å². The van der Waals surface area contributed by atoms with Gasteiger partial charge in [0.1, 0.15) is 11.9 Å². The fourth-order valence-corrected chi connectivity index (χ4v) is 4.81. The van der Waals surface area contributed by atoms with Crippen molar-refractivity contribution in [1.29, 1.82) is 0 Å². The second kappa shape index (κ2) is 7.17. The molecule has 0 bridgehead atoms. The number of hydrogen-bond acceptors (Lipinski definition) is 8. The molecular weight excluding hydrogens is 364 g/mol.